The summed E-state index contributed by atoms with van der Waals surface area (Å²) in [6, 6.07) is 15.9. The second-order valence-electron chi connectivity index (χ2n) is 9.95. The SMILES string of the molecule is Cc1cccc(-n2c(C)cc(C=c3sc(=C(C#N)C(=O)C(C)(C)C)n(Cc4ccco4)c3=O)c2C)c1. The lowest BCUT2D eigenvalue weighted by molar-refractivity contribution is -0.120. The molecule has 0 radical (unpaired) electrons. The third-order valence-corrected chi connectivity index (χ3v) is 7.18. The molecular formula is C29H29N3O3S. The standard InChI is InChI=1S/C29H29N3O3S/c1-18-9-7-10-22(13-18)32-19(2)14-21(20(32)3)15-25-27(34)31(17-23-11-8-12-35-23)28(36-25)24(16-30)26(33)29(4,5)6/h7-15H,17H2,1-6H3. The number of hydrogen-bond acceptors (Lipinski definition) is 5. The molecule has 4 rings (SSSR count). The van der Waals surface area contributed by atoms with Crippen LogP contribution in [0.1, 0.15) is 49.0 Å². The van der Waals surface area contributed by atoms with Gasteiger partial charge in [-0.3, -0.25) is 14.2 Å². The van der Waals surface area contributed by atoms with E-state index in [4.69, 9.17) is 4.42 Å². The number of furan rings is 1. The number of ketones is 1. The summed E-state index contributed by atoms with van der Waals surface area (Å²) < 4.78 is 9.89. The van der Waals surface area contributed by atoms with E-state index >= 15 is 0 Å². The molecule has 3 aromatic heterocycles. The van der Waals surface area contributed by atoms with Crippen molar-refractivity contribution in [2.24, 2.45) is 5.41 Å². The number of aromatic nitrogens is 2. The van der Waals surface area contributed by atoms with Gasteiger partial charge in [-0.05, 0) is 68.3 Å². The Morgan fingerprint density at radius 3 is 2.50 bits per heavy atom. The van der Waals surface area contributed by atoms with Gasteiger partial charge in [-0.15, -0.1) is 11.3 Å². The summed E-state index contributed by atoms with van der Waals surface area (Å²) in [5.41, 5.74) is 4.14. The number of carbonyl (C=O) groups excluding carboxylic acids is 1. The van der Waals surface area contributed by atoms with Crippen LogP contribution in [0.4, 0.5) is 0 Å². The van der Waals surface area contributed by atoms with E-state index in [2.05, 4.69) is 35.8 Å². The molecule has 36 heavy (non-hydrogen) atoms. The van der Waals surface area contributed by atoms with Gasteiger partial charge in [-0.1, -0.05) is 32.9 Å². The minimum Gasteiger partial charge on any atom is -0.467 e. The van der Waals surface area contributed by atoms with E-state index in [9.17, 15) is 14.9 Å². The summed E-state index contributed by atoms with van der Waals surface area (Å²) in [5, 5.41) is 9.93. The smallest absolute Gasteiger partial charge is 0.269 e. The summed E-state index contributed by atoms with van der Waals surface area (Å²) in [4.78, 5) is 26.7. The van der Waals surface area contributed by atoms with Crippen LogP contribution in [0.5, 0.6) is 0 Å². The second-order valence-corrected chi connectivity index (χ2v) is 11.0. The predicted octanol–water partition coefficient (Wildman–Crippen LogP) is 4.39. The van der Waals surface area contributed by atoms with Gasteiger partial charge in [0.05, 0.1) is 17.3 Å². The van der Waals surface area contributed by atoms with E-state index in [1.807, 2.05) is 32.1 Å². The summed E-state index contributed by atoms with van der Waals surface area (Å²) in [5.74, 6) is 0.268. The van der Waals surface area contributed by atoms with Crippen molar-refractivity contribution in [1.29, 1.82) is 5.26 Å². The van der Waals surface area contributed by atoms with Crippen LogP contribution < -0.4 is 14.8 Å². The van der Waals surface area contributed by atoms with Crippen LogP contribution in [0, 0.1) is 37.5 Å². The molecule has 0 aliphatic carbocycles. The van der Waals surface area contributed by atoms with Gasteiger partial charge in [-0.25, -0.2) is 0 Å². The molecule has 0 aliphatic rings. The monoisotopic (exact) mass is 499 g/mol. The molecule has 0 saturated heterocycles. The molecule has 0 atom stereocenters. The lowest BCUT2D eigenvalue weighted by Crippen LogP contribution is -2.34. The van der Waals surface area contributed by atoms with E-state index in [0.717, 1.165) is 28.2 Å². The lowest BCUT2D eigenvalue weighted by Gasteiger charge is -2.15. The van der Waals surface area contributed by atoms with Gasteiger partial charge in [0.2, 0.25) is 0 Å². The maximum absolute atomic E-state index is 13.6. The van der Waals surface area contributed by atoms with Gasteiger partial charge in [-0.2, -0.15) is 5.26 Å². The number of Topliss-reactive ketones (excluding diaryl/α,β-unsaturated/α-hetero) is 1. The summed E-state index contributed by atoms with van der Waals surface area (Å²) in [6.45, 7) is 11.5. The molecule has 0 bridgehead atoms. The van der Waals surface area contributed by atoms with Gasteiger partial charge in [0.15, 0.2) is 5.78 Å². The Kier molecular flexibility index (Phi) is 6.75. The van der Waals surface area contributed by atoms with Crippen molar-refractivity contribution in [2.45, 2.75) is 48.1 Å². The molecule has 0 N–H and O–H groups in total. The lowest BCUT2D eigenvalue weighted by atomic mass is 9.87. The van der Waals surface area contributed by atoms with Crippen molar-refractivity contribution in [2.75, 3.05) is 0 Å². The van der Waals surface area contributed by atoms with Gasteiger partial charge < -0.3 is 8.98 Å². The van der Waals surface area contributed by atoms with Gasteiger partial charge in [0.25, 0.3) is 5.56 Å². The fraction of sp³-hybridized carbons (Fsp3) is 0.276. The zero-order valence-corrected chi connectivity index (χ0v) is 22.2. The first-order chi connectivity index (χ1) is 17.0. The first-order valence-corrected chi connectivity index (χ1v) is 12.5. The molecule has 3 heterocycles. The average molecular weight is 500 g/mol. The summed E-state index contributed by atoms with van der Waals surface area (Å²) in [7, 11) is 0. The minimum atomic E-state index is -0.761. The zero-order valence-electron chi connectivity index (χ0n) is 21.4. The first-order valence-electron chi connectivity index (χ1n) is 11.7. The topological polar surface area (TPSA) is 80.9 Å². The number of nitrogens with zero attached hydrogens (tertiary/aromatic N) is 3. The normalized spacial score (nSPS) is 13.1. The van der Waals surface area contributed by atoms with E-state index in [1.54, 1.807) is 32.9 Å². The van der Waals surface area contributed by atoms with Crippen molar-refractivity contribution in [1.82, 2.24) is 9.13 Å². The molecule has 0 saturated carbocycles. The maximum Gasteiger partial charge on any atom is 0.269 e. The Hall–Kier alpha value is -3.89. The van der Waals surface area contributed by atoms with Crippen molar-refractivity contribution in [3.05, 3.63) is 96.6 Å². The molecule has 184 valence electrons. The minimum absolute atomic E-state index is 0.0129. The number of thiazole rings is 1. The molecule has 7 heteroatoms. The largest absolute Gasteiger partial charge is 0.467 e. The first kappa shape index (κ1) is 25.2. The molecule has 1 aromatic carbocycles. The van der Waals surface area contributed by atoms with E-state index in [1.165, 1.54) is 22.2 Å². The molecule has 0 fully saturated rings. The molecule has 0 aliphatic heterocycles. The Balaban J connectivity index is 1.97. The predicted molar refractivity (Wildman–Crippen MR) is 143 cm³/mol. The summed E-state index contributed by atoms with van der Waals surface area (Å²) >= 11 is 1.17. The molecule has 0 spiro atoms. The van der Waals surface area contributed by atoms with Gasteiger partial charge in [0.1, 0.15) is 22.1 Å². The van der Waals surface area contributed by atoms with Gasteiger partial charge in [0, 0.05) is 22.5 Å². The van der Waals surface area contributed by atoms with Crippen molar-refractivity contribution in [3.8, 4) is 11.8 Å². The summed E-state index contributed by atoms with van der Waals surface area (Å²) in [6.07, 6.45) is 3.38. The van der Waals surface area contributed by atoms with E-state index in [-0.39, 0.29) is 23.5 Å². The quantitative estimate of drug-likeness (QED) is 0.408. The maximum atomic E-state index is 13.6. The molecule has 4 aromatic rings. The third-order valence-electron chi connectivity index (χ3n) is 6.05. The number of hydrogen-bond donors (Lipinski definition) is 0. The highest BCUT2D eigenvalue weighted by Crippen LogP contribution is 2.22. The second kappa shape index (κ2) is 9.63. The highest BCUT2D eigenvalue weighted by atomic mass is 32.1. The number of rotatable bonds is 5. The van der Waals surface area contributed by atoms with Gasteiger partial charge >= 0.3 is 0 Å². The van der Waals surface area contributed by atoms with Crippen LogP contribution in [-0.4, -0.2) is 14.9 Å². The number of benzene rings is 1. The fourth-order valence-electron chi connectivity index (χ4n) is 4.22. The molecule has 6 nitrogen and oxygen atoms in total. The van der Waals surface area contributed by atoms with Crippen LogP contribution in [0.2, 0.25) is 0 Å². The van der Waals surface area contributed by atoms with E-state index < -0.39 is 5.41 Å². The van der Waals surface area contributed by atoms with Crippen LogP contribution >= 0.6 is 11.3 Å². The zero-order chi connectivity index (χ0) is 26.2. The van der Waals surface area contributed by atoms with E-state index in [0.29, 0.717) is 15.0 Å². The van der Waals surface area contributed by atoms with Crippen molar-refractivity contribution >= 4 is 28.8 Å². The van der Waals surface area contributed by atoms with Crippen molar-refractivity contribution in [3.63, 3.8) is 0 Å². The highest BCUT2D eigenvalue weighted by molar-refractivity contribution is 7.07. The Morgan fingerprint density at radius 1 is 1.14 bits per heavy atom. The van der Waals surface area contributed by atoms with Crippen LogP contribution in [0.25, 0.3) is 17.3 Å². The third kappa shape index (κ3) is 4.77. The number of carbonyl (C=O) groups is 1. The van der Waals surface area contributed by atoms with Crippen LogP contribution in [0.3, 0.4) is 0 Å². The van der Waals surface area contributed by atoms with Crippen LogP contribution in [-0.2, 0) is 11.3 Å². The number of nitriles is 1. The highest BCUT2D eigenvalue weighted by Gasteiger charge is 2.27. The average Bonchev–Trinajstić information content (AvgIpc) is 3.50. The molecular weight excluding hydrogens is 470 g/mol. The Bertz CT molecular complexity index is 1670. The molecule has 0 amide bonds. The Morgan fingerprint density at radius 2 is 1.89 bits per heavy atom. The fourth-order valence-corrected chi connectivity index (χ4v) is 5.31. The molecule has 0 unspecified atom stereocenters. The van der Waals surface area contributed by atoms with Crippen LogP contribution in [0.15, 0.2) is 57.9 Å². The number of aryl methyl sites for hydroxylation is 2. The van der Waals surface area contributed by atoms with Crippen molar-refractivity contribution < 1.29 is 9.21 Å². The Labute approximate surface area is 214 Å².